The molecular weight excluding hydrogens is 300 g/mol. The molecule has 0 saturated heterocycles. The second-order valence-electron chi connectivity index (χ2n) is 6.56. The third kappa shape index (κ3) is 3.47. The van der Waals surface area contributed by atoms with E-state index in [9.17, 15) is 0 Å². The second-order valence-corrected chi connectivity index (χ2v) is 6.56. The molecule has 0 radical (unpaired) electrons. The fourth-order valence-electron chi connectivity index (χ4n) is 3.57. The van der Waals surface area contributed by atoms with E-state index in [0.717, 1.165) is 30.6 Å². The average molecular weight is 326 g/mol. The number of rotatable bonds is 5. The van der Waals surface area contributed by atoms with E-state index >= 15 is 0 Å². The SMILES string of the molecule is CC=Nc1c(N)nc(C)nc1C[C@H]1CCC(n2cc(CC)cn2)C1. The van der Waals surface area contributed by atoms with Gasteiger partial charge in [-0.3, -0.25) is 9.67 Å². The molecule has 0 bridgehead atoms. The maximum atomic E-state index is 6.04. The van der Waals surface area contributed by atoms with Crippen LogP contribution in [0.3, 0.4) is 0 Å². The van der Waals surface area contributed by atoms with Crippen molar-refractivity contribution in [1.82, 2.24) is 19.7 Å². The molecule has 1 aliphatic carbocycles. The first-order valence-corrected chi connectivity index (χ1v) is 8.75. The summed E-state index contributed by atoms with van der Waals surface area (Å²) in [5.41, 5.74) is 9.05. The van der Waals surface area contributed by atoms with Crippen molar-refractivity contribution in [2.24, 2.45) is 10.9 Å². The molecular formula is C18H26N6. The number of hydrogen-bond acceptors (Lipinski definition) is 5. The van der Waals surface area contributed by atoms with Crippen LogP contribution in [-0.2, 0) is 12.8 Å². The molecule has 1 fully saturated rings. The molecule has 0 aromatic carbocycles. The topological polar surface area (TPSA) is 82.0 Å². The van der Waals surface area contributed by atoms with Crippen LogP contribution in [0, 0.1) is 12.8 Å². The molecule has 2 aromatic heterocycles. The van der Waals surface area contributed by atoms with Crippen LogP contribution in [0.4, 0.5) is 11.5 Å². The van der Waals surface area contributed by atoms with Gasteiger partial charge in [-0.05, 0) is 57.4 Å². The largest absolute Gasteiger partial charge is 0.382 e. The van der Waals surface area contributed by atoms with Crippen LogP contribution in [0.1, 0.15) is 56.2 Å². The molecule has 2 atom stereocenters. The summed E-state index contributed by atoms with van der Waals surface area (Å²) in [5.74, 6) is 1.78. The number of nitrogens with two attached hydrogens (primary N) is 1. The molecule has 1 aliphatic rings. The number of hydrogen-bond donors (Lipinski definition) is 1. The molecule has 24 heavy (non-hydrogen) atoms. The lowest BCUT2D eigenvalue weighted by Gasteiger charge is -2.14. The predicted octanol–water partition coefficient (Wildman–Crippen LogP) is 3.43. The van der Waals surface area contributed by atoms with Gasteiger partial charge in [0.05, 0.1) is 17.9 Å². The number of aryl methyl sites for hydroxylation is 2. The van der Waals surface area contributed by atoms with Gasteiger partial charge >= 0.3 is 0 Å². The van der Waals surface area contributed by atoms with E-state index in [0.29, 0.717) is 23.6 Å². The third-order valence-corrected chi connectivity index (χ3v) is 4.79. The van der Waals surface area contributed by atoms with E-state index in [2.05, 4.69) is 37.9 Å². The van der Waals surface area contributed by atoms with Crippen LogP contribution in [-0.4, -0.2) is 26.0 Å². The summed E-state index contributed by atoms with van der Waals surface area (Å²) in [6.45, 7) is 5.93. The maximum Gasteiger partial charge on any atom is 0.153 e. The summed E-state index contributed by atoms with van der Waals surface area (Å²) in [6.07, 6.45) is 11.3. The van der Waals surface area contributed by atoms with Crippen molar-refractivity contribution in [1.29, 1.82) is 0 Å². The van der Waals surface area contributed by atoms with Crippen molar-refractivity contribution in [3.63, 3.8) is 0 Å². The summed E-state index contributed by atoms with van der Waals surface area (Å²) in [5, 5.41) is 4.53. The van der Waals surface area contributed by atoms with Crippen LogP contribution in [0.5, 0.6) is 0 Å². The van der Waals surface area contributed by atoms with Gasteiger partial charge in [-0.1, -0.05) is 6.92 Å². The minimum atomic E-state index is 0.477. The van der Waals surface area contributed by atoms with Crippen molar-refractivity contribution in [2.75, 3.05) is 5.73 Å². The number of aliphatic imine (C=N–C) groups is 1. The maximum absolute atomic E-state index is 6.04. The molecule has 1 unspecified atom stereocenters. The lowest BCUT2D eigenvalue weighted by Crippen LogP contribution is -2.09. The van der Waals surface area contributed by atoms with Gasteiger partial charge < -0.3 is 5.73 Å². The molecule has 0 amide bonds. The Morgan fingerprint density at radius 3 is 2.92 bits per heavy atom. The van der Waals surface area contributed by atoms with Gasteiger partial charge in [-0.15, -0.1) is 0 Å². The van der Waals surface area contributed by atoms with E-state index in [1.807, 2.05) is 20.0 Å². The quantitative estimate of drug-likeness (QED) is 0.853. The highest BCUT2D eigenvalue weighted by molar-refractivity contribution is 5.69. The van der Waals surface area contributed by atoms with E-state index in [1.54, 1.807) is 6.21 Å². The number of aromatic nitrogens is 4. The molecule has 3 rings (SSSR count). The highest BCUT2D eigenvalue weighted by Gasteiger charge is 2.28. The number of nitrogen functional groups attached to an aromatic ring is 1. The Kier molecular flexibility index (Phi) is 4.92. The monoisotopic (exact) mass is 326 g/mol. The Morgan fingerprint density at radius 1 is 1.38 bits per heavy atom. The smallest absolute Gasteiger partial charge is 0.153 e. The Hall–Kier alpha value is -2.24. The lowest BCUT2D eigenvalue weighted by molar-refractivity contribution is 0.437. The van der Waals surface area contributed by atoms with Gasteiger partial charge in [-0.2, -0.15) is 5.10 Å². The normalized spacial score (nSPS) is 21.0. The fraction of sp³-hybridized carbons (Fsp3) is 0.556. The zero-order valence-electron chi connectivity index (χ0n) is 14.7. The second kappa shape index (κ2) is 7.11. The molecule has 2 heterocycles. The van der Waals surface area contributed by atoms with Gasteiger partial charge in [0, 0.05) is 12.4 Å². The summed E-state index contributed by atoms with van der Waals surface area (Å²) in [4.78, 5) is 13.2. The summed E-state index contributed by atoms with van der Waals surface area (Å²) in [6, 6.07) is 0.494. The number of nitrogens with zero attached hydrogens (tertiary/aromatic N) is 5. The fourth-order valence-corrected chi connectivity index (χ4v) is 3.57. The van der Waals surface area contributed by atoms with Crippen LogP contribution in [0.25, 0.3) is 0 Å². The van der Waals surface area contributed by atoms with Gasteiger partial charge in [0.2, 0.25) is 0 Å². The van der Waals surface area contributed by atoms with Gasteiger partial charge in [0.1, 0.15) is 11.5 Å². The Morgan fingerprint density at radius 2 is 2.21 bits per heavy atom. The molecule has 128 valence electrons. The first kappa shape index (κ1) is 16.6. The first-order chi connectivity index (χ1) is 11.6. The van der Waals surface area contributed by atoms with Crippen LogP contribution >= 0.6 is 0 Å². The van der Waals surface area contributed by atoms with Gasteiger partial charge in [0.25, 0.3) is 0 Å². The van der Waals surface area contributed by atoms with E-state index < -0.39 is 0 Å². The third-order valence-electron chi connectivity index (χ3n) is 4.79. The minimum Gasteiger partial charge on any atom is -0.382 e. The number of anilines is 1. The molecule has 2 aromatic rings. The Labute approximate surface area is 143 Å². The van der Waals surface area contributed by atoms with Crippen LogP contribution in [0.15, 0.2) is 17.4 Å². The minimum absolute atomic E-state index is 0.477. The summed E-state index contributed by atoms with van der Waals surface area (Å²) < 4.78 is 2.14. The summed E-state index contributed by atoms with van der Waals surface area (Å²) in [7, 11) is 0. The Balaban J connectivity index is 1.73. The van der Waals surface area contributed by atoms with Crippen LogP contribution < -0.4 is 5.73 Å². The van der Waals surface area contributed by atoms with E-state index in [-0.39, 0.29) is 0 Å². The van der Waals surface area contributed by atoms with Crippen molar-refractivity contribution >= 4 is 17.7 Å². The Bertz CT molecular complexity index is 733. The predicted molar refractivity (Wildman–Crippen MR) is 96.7 cm³/mol. The first-order valence-electron chi connectivity index (χ1n) is 8.75. The zero-order chi connectivity index (χ0) is 17.1. The van der Waals surface area contributed by atoms with E-state index in [1.165, 1.54) is 18.4 Å². The average Bonchev–Trinajstić information content (AvgIpc) is 3.19. The highest BCUT2D eigenvalue weighted by Crippen LogP contribution is 2.38. The van der Waals surface area contributed by atoms with Gasteiger partial charge in [0.15, 0.2) is 5.82 Å². The molecule has 6 nitrogen and oxygen atoms in total. The van der Waals surface area contributed by atoms with Crippen molar-refractivity contribution in [2.45, 2.75) is 58.9 Å². The van der Waals surface area contributed by atoms with Crippen molar-refractivity contribution in [3.8, 4) is 0 Å². The molecule has 2 N–H and O–H groups in total. The molecule has 6 heteroatoms. The summed E-state index contributed by atoms with van der Waals surface area (Å²) >= 11 is 0. The van der Waals surface area contributed by atoms with Crippen molar-refractivity contribution in [3.05, 3.63) is 29.5 Å². The van der Waals surface area contributed by atoms with E-state index in [4.69, 9.17) is 5.73 Å². The van der Waals surface area contributed by atoms with Crippen LogP contribution in [0.2, 0.25) is 0 Å². The molecule has 0 aliphatic heterocycles. The molecule has 1 saturated carbocycles. The standard InChI is InChI=1S/C18H26N6/c1-4-13-10-21-24(11-13)15-7-6-14(8-15)9-16-17(20-5-2)18(19)23-12(3)22-16/h5,10-11,14-15H,4,6-9H2,1-3H3,(H2,19,22,23)/t14-,15?/m0/s1. The van der Waals surface area contributed by atoms with Gasteiger partial charge in [-0.25, -0.2) is 9.97 Å². The zero-order valence-corrected chi connectivity index (χ0v) is 14.7. The highest BCUT2D eigenvalue weighted by atomic mass is 15.3. The van der Waals surface area contributed by atoms with Crippen molar-refractivity contribution < 1.29 is 0 Å². The lowest BCUT2D eigenvalue weighted by atomic mass is 10.00. The molecule has 0 spiro atoms.